The molecule has 0 heterocycles. The van der Waals surface area contributed by atoms with E-state index in [4.69, 9.17) is 10.2 Å². The summed E-state index contributed by atoms with van der Waals surface area (Å²) in [7, 11) is 0. The fraction of sp³-hybridized carbons (Fsp3) is 0.111. The van der Waals surface area contributed by atoms with E-state index in [0.717, 1.165) is 0 Å². The zero-order chi connectivity index (χ0) is 12.0. The van der Waals surface area contributed by atoms with Crippen LogP contribution in [0.1, 0.15) is 26.3 Å². The lowest BCUT2D eigenvalue weighted by Gasteiger charge is -2.03. The summed E-state index contributed by atoms with van der Waals surface area (Å²) in [5.74, 6) is 5.78. The highest BCUT2D eigenvalue weighted by atomic mass is 16.4. The molecule has 1 rings (SSSR count). The normalized spacial score (nSPS) is 8.73. The molecule has 0 spiro atoms. The number of benzene rings is 1. The van der Waals surface area contributed by atoms with Gasteiger partial charge in [0.2, 0.25) is 0 Å². The number of carbonyl (C=O) groups is 2. The van der Waals surface area contributed by atoms with Crippen molar-refractivity contribution in [1.29, 1.82) is 0 Å². The van der Waals surface area contributed by atoms with Crippen molar-refractivity contribution in [2.75, 3.05) is 0 Å². The molecule has 6 N–H and O–H groups in total. The summed E-state index contributed by atoms with van der Waals surface area (Å²) in [5, 5.41) is 17.4. The van der Waals surface area contributed by atoms with Crippen LogP contribution in [-0.4, -0.2) is 22.2 Å². The van der Waals surface area contributed by atoms with Gasteiger partial charge in [0.25, 0.3) is 0 Å². The summed E-state index contributed by atoms with van der Waals surface area (Å²) in [6.45, 7) is 1.48. The molecule has 0 unspecified atom stereocenters. The Morgan fingerprint density at radius 3 is 1.67 bits per heavy atom. The van der Waals surface area contributed by atoms with Crippen molar-refractivity contribution in [2.45, 2.75) is 6.92 Å². The molecule has 82 valence electrons. The number of carboxylic acid groups (broad SMARTS) is 2. The molecular formula is C9H12N2O4. The van der Waals surface area contributed by atoms with E-state index in [0.29, 0.717) is 0 Å². The highest BCUT2D eigenvalue weighted by molar-refractivity contribution is 5.96. The molecule has 0 saturated carbocycles. The standard InChI is InChI=1S/C9H8O4.H4N2/c1-5-6(8(10)11)3-2-4-7(5)9(12)13;1-2/h2-4H,1H3,(H,10,11)(H,12,13);1-2H2. The molecule has 0 aliphatic rings. The molecule has 0 atom stereocenters. The van der Waals surface area contributed by atoms with Gasteiger partial charge in [0.05, 0.1) is 11.1 Å². The fourth-order valence-corrected chi connectivity index (χ4v) is 1.10. The summed E-state index contributed by atoms with van der Waals surface area (Å²) in [5.41, 5.74) is 0.335. The molecule has 0 aromatic heterocycles. The molecule has 0 aliphatic heterocycles. The Balaban J connectivity index is 0.000000921. The Bertz CT molecular complexity index is 344. The van der Waals surface area contributed by atoms with Gasteiger partial charge in [-0.05, 0) is 24.6 Å². The molecule has 6 nitrogen and oxygen atoms in total. The maximum absolute atomic E-state index is 10.6. The van der Waals surface area contributed by atoms with Crippen LogP contribution >= 0.6 is 0 Å². The number of hydrazine groups is 1. The maximum atomic E-state index is 10.6. The Morgan fingerprint density at radius 2 is 1.40 bits per heavy atom. The van der Waals surface area contributed by atoms with Gasteiger partial charge in [0, 0.05) is 0 Å². The van der Waals surface area contributed by atoms with E-state index >= 15 is 0 Å². The second kappa shape index (κ2) is 5.74. The van der Waals surface area contributed by atoms with E-state index < -0.39 is 11.9 Å². The van der Waals surface area contributed by atoms with Gasteiger partial charge < -0.3 is 10.2 Å². The molecule has 1 aromatic carbocycles. The third-order valence-corrected chi connectivity index (χ3v) is 1.79. The van der Waals surface area contributed by atoms with E-state index in [2.05, 4.69) is 11.7 Å². The Labute approximate surface area is 86.1 Å². The second-order valence-corrected chi connectivity index (χ2v) is 2.59. The molecular weight excluding hydrogens is 200 g/mol. The predicted molar refractivity (Wildman–Crippen MR) is 53.5 cm³/mol. The Kier molecular flexibility index (Phi) is 5.00. The van der Waals surface area contributed by atoms with Crippen LogP contribution in [0.5, 0.6) is 0 Å². The fourth-order valence-electron chi connectivity index (χ4n) is 1.10. The van der Waals surface area contributed by atoms with Crippen molar-refractivity contribution in [3.8, 4) is 0 Å². The van der Waals surface area contributed by atoms with E-state index in [1.165, 1.54) is 25.1 Å². The molecule has 0 fully saturated rings. The lowest BCUT2D eigenvalue weighted by Crippen LogP contribution is -2.06. The topological polar surface area (TPSA) is 127 Å². The largest absolute Gasteiger partial charge is 0.478 e. The predicted octanol–water partition coefficient (Wildman–Crippen LogP) is 0.210. The van der Waals surface area contributed by atoms with Gasteiger partial charge in [-0.25, -0.2) is 9.59 Å². The van der Waals surface area contributed by atoms with Crippen LogP contribution in [0.2, 0.25) is 0 Å². The zero-order valence-electron chi connectivity index (χ0n) is 8.10. The van der Waals surface area contributed by atoms with Crippen LogP contribution in [0.3, 0.4) is 0 Å². The number of hydrogen-bond acceptors (Lipinski definition) is 4. The van der Waals surface area contributed by atoms with Gasteiger partial charge in [-0.3, -0.25) is 11.7 Å². The van der Waals surface area contributed by atoms with E-state index in [-0.39, 0.29) is 16.7 Å². The SMILES string of the molecule is Cc1c(C(=O)O)cccc1C(=O)O.NN. The monoisotopic (exact) mass is 212 g/mol. The van der Waals surface area contributed by atoms with E-state index in [1.807, 2.05) is 0 Å². The summed E-state index contributed by atoms with van der Waals surface area (Å²) in [6, 6.07) is 4.17. The summed E-state index contributed by atoms with van der Waals surface area (Å²) < 4.78 is 0. The minimum absolute atomic E-state index is 0.0277. The molecule has 0 bridgehead atoms. The Morgan fingerprint density at radius 1 is 1.07 bits per heavy atom. The quantitative estimate of drug-likeness (QED) is 0.410. The van der Waals surface area contributed by atoms with Crippen LogP contribution < -0.4 is 11.7 Å². The number of rotatable bonds is 2. The molecule has 15 heavy (non-hydrogen) atoms. The molecule has 1 aromatic rings. The summed E-state index contributed by atoms with van der Waals surface area (Å²) in [6.07, 6.45) is 0. The first-order valence-electron chi connectivity index (χ1n) is 3.93. The maximum Gasteiger partial charge on any atom is 0.335 e. The van der Waals surface area contributed by atoms with E-state index in [1.54, 1.807) is 0 Å². The van der Waals surface area contributed by atoms with Crippen molar-refractivity contribution in [2.24, 2.45) is 11.7 Å². The average Bonchev–Trinajstić information content (AvgIpc) is 2.20. The number of carboxylic acids is 2. The van der Waals surface area contributed by atoms with Gasteiger partial charge in [0.1, 0.15) is 0 Å². The molecule has 0 amide bonds. The van der Waals surface area contributed by atoms with Crippen LogP contribution in [0.25, 0.3) is 0 Å². The number of hydrogen-bond donors (Lipinski definition) is 4. The van der Waals surface area contributed by atoms with Crippen molar-refractivity contribution >= 4 is 11.9 Å². The Hall–Kier alpha value is -1.92. The minimum atomic E-state index is -1.11. The van der Waals surface area contributed by atoms with Gasteiger partial charge in [-0.2, -0.15) is 0 Å². The van der Waals surface area contributed by atoms with Crippen molar-refractivity contribution < 1.29 is 19.8 Å². The lowest BCUT2D eigenvalue weighted by atomic mass is 10.0. The first kappa shape index (κ1) is 13.1. The van der Waals surface area contributed by atoms with Gasteiger partial charge in [-0.1, -0.05) is 6.07 Å². The zero-order valence-corrected chi connectivity index (χ0v) is 8.10. The summed E-state index contributed by atoms with van der Waals surface area (Å²) in [4.78, 5) is 21.2. The average molecular weight is 212 g/mol. The number of aromatic carboxylic acids is 2. The smallest absolute Gasteiger partial charge is 0.335 e. The van der Waals surface area contributed by atoms with Crippen LogP contribution in [-0.2, 0) is 0 Å². The van der Waals surface area contributed by atoms with Gasteiger partial charge in [-0.15, -0.1) is 0 Å². The van der Waals surface area contributed by atoms with Crippen molar-refractivity contribution in [1.82, 2.24) is 0 Å². The highest BCUT2D eigenvalue weighted by Gasteiger charge is 2.13. The minimum Gasteiger partial charge on any atom is -0.478 e. The molecule has 0 saturated heterocycles. The first-order chi connectivity index (χ1) is 7.04. The highest BCUT2D eigenvalue weighted by Crippen LogP contribution is 2.13. The van der Waals surface area contributed by atoms with Gasteiger partial charge in [0.15, 0.2) is 0 Å². The third kappa shape index (κ3) is 3.04. The third-order valence-electron chi connectivity index (χ3n) is 1.79. The molecule has 0 aliphatic carbocycles. The van der Waals surface area contributed by atoms with Crippen molar-refractivity contribution in [3.63, 3.8) is 0 Å². The molecule has 0 radical (unpaired) electrons. The number of nitrogens with two attached hydrogens (primary N) is 2. The van der Waals surface area contributed by atoms with Crippen molar-refractivity contribution in [3.05, 3.63) is 34.9 Å². The van der Waals surface area contributed by atoms with Crippen LogP contribution in [0.15, 0.2) is 18.2 Å². The molecule has 6 heteroatoms. The lowest BCUT2D eigenvalue weighted by molar-refractivity contribution is 0.0696. The second-order valence-electron chi connectivity index (χ2n) is 2.59. The summed E-state index contributed by atoms with van der Waals surface area (Å²) >= 11 is 0. The van der Waals surface area contributed by atoms with E-state index in [9.17, 15) is 9.59 Å². The first-order valence-corrected chi connectivity index (χ1v) is 3.93. The van der Waals surface area contributed by atoms with Crippen LogP contribution in [0, 0.1) is 6.92 Å². The van der Waals surface area contributed by atoms with Gasteiger partial charge >= 0.3 is 11.9 Å². The van der Waals surface area contributed by atoms with Crippen LogP contribution in [0.4, 0.5) is 0 Å².